The van der Waals surface area contributed by atoms with Gasteiger partial charge in [-0.3, -0.25) is 14.2 Å². The molecular formula is C78H122NO8P. The first-order valence-corrected chi connectivity index (χ1v) is 35.3. The highest BCUT2D eigenvalue weighted by Crippen LogP contribution is 2.38. The molecule has 0 amide bonds. The third-order valence-corrected chi connectivity index (χ3v) is 14.3. The van der Waals surface area contributed by atoms with E-state index >= 15 is 0 Å². The van der Waals surface area contributed by atoms with Gasteiger partial charge in [-0.25, -0.2) is 0 Å². The lowest BCUT2D eigenvalue weighted by molar-refractivity contribution is -0.870. The number of allylic oxidation sites excluding steroid dienone is 34. The average Bonchev–Trinajstić information content (AvgIpc) is 3.68. The summed E-state index contributed by atoms with van der Waals surface area (Å²) < 4.78 is 34.2. The molecule has 0 fully saturated rings. The molecule has 2 atom stereocenters. The second kappa shape index (κ2) is 66.0. The summed E-state index contributed by atoms with van der Waals surface area (Å²) in [4.78, 5) is 38.0. The Labute approximate surface area is 538 Å². The van der Waals surface area contributed by atoms with Crippen LogP contribution in [0.4, 0.5) is 0 Å². The Balaban J connectivity index is 4.25. The van der Waals surface area contributed by atoms with Crippen molar-refractivity contribution in [1.82, 2.24) is 0 Å². The number of carbonyl (C=O) groups excluding carboxylic acids is 2. The highest BCUT2D eigenvalue weighted by atomic mass is 31.2. The first kappa shape index (κ1) is 82.6. The second-order valence-electron chi connectivity index (χ2n) is 22.7. The van der Waals surface area contributed by atoms with Crippen LogP contribution in [0.3, 0.4) is 0 Å². The van der Waals surface area contributed by atoms with Crippen molar-refractivity contribution in [2.45, 2.75) is 225 Å². The van der Waals surface area contributed by atoms with E-state index in [1.54, 1.807) is 0 Å². The highest BCUT2D eigenvalue weighted by molar-refractivity contribution is 7.45. The van der Waals surface area contributed by atoms with Crippen LogP contribution >= 0.6 is 7.82 Å². The molecule has 0 saturated heterocycles. The van der Waals surface area contributed by atoms with Gasteiger partial charge in [0.25, 0.3) is 7.82 Å². The zero-order valence-electron chi connectivity index (χ0n) is 55.8. The molecule has 0 aromatic rings. The third-order valence-electron chi connectivity index (χ3n) is 13.3. The molecule has 88 heavy (non-hydrogen) atoms. The van der Waals surface area contributed by atoms with Gasteiger partial charge in [0.15, 0.2) is 6.10 Å². The molecular weight excluding hydrogens is 1110 g/mol. The number of nitrogens with zero attached hydrogens (tertiary/aromatic N) is 1. The third kappa shape index (κ3) is 69.7. The van der Waals surface area contributed by atoms with Crippen LogP contribution < -0.4 is 4.89 Å². The van der Waals surface area contributed by atoms with Gasteiger partial charge in [-0.15, -0.1) is 0 Å². The number of esters is 2. The van der Waals surface area contributed by atoms with E-state index in [0.29, 0.717) is 30.3 Å². The number of phosphoric ester groups is 1. The van der Waals surface area contributed by atoms with E-state index in [-0.39, 0.29) is 26.1 Å². The fourth-order valence-electron chi connectivity index (χ4n) is 8.20. The molecule has 10 heteroatoms. The molecule has 0 aliphatic heterocycles. The predicted octanol–water partition coefficient (Wildman–Crippen LogP) is 21.6. The number of hydrogen-bond acceptors (Lipinski definition) is 8. The maximum Gasteiger partial charge on any atom is 0.306 e. The van der Waals surface area contributed by atoms with Gasteiger partial charge in [0.05, 0.1) is 27.7 Å². The largest absolute Gasteiger partial charge is 0.756 e. The fourth-order valence-corrected chi connectivity index (χ4v) is 8.93. The number of quaternary nitrogens is 1. The Bertz CT molecular complexity index is 2240. The van der Waals surface area contributed by atoms with Crippen LogP contribution in [-0.4, -0.2) is 70.0 Å². The van der Waals surface area contributed by atoms with Crippen LogP contribution in [0.2, 0.25) is 0 Å². The van der Waals surface area contributed by atoms with E-state index in [4.69, 9.17) is 18.5 Å². The summed E-state index contributed by atoms with van der Waals surface area (Å²) >= 11 is 0. The van der Waals surface area contributed by atoms with Gasteiger partial charge >= 0.3 is 11.9 Å². The zero-order chi connectivity index (χ0) is 64.1. The van der Waals surface area contributed by atoms with E-state index in [2.05, 4.69) is 214 Å². The quantitative estimate of drug-likeness (QED) is 0.0195. The molecule has 0 aliphatic rings. The van der Waals surface area contributed by atoms with Gasteiger partial charge in [0.2, 0.25) is 0 Å². The molecule has 0 heterocycles. The van der Waals surface area contributed by atoms with E-state index in [9.17, 15) is 19.0 Å². The number of rotatable bonds is 59. The lowest BCUT2D eigenvalue weighted by atomic mass is 10.1. The van der Waals surface area contributed by atoms with Gasteiger partial charge < -0.3 is 27.9 Å². The summed E-state index contributed by atoms with van der Waals surface area (Å²) in [5.74, 6) is -0.925. The molecule has 0 aromatic carbocycles. The number of carbonyl (C=O) groups is 2. The Hall–Kier alpha value is -5.41. The normalized spacial score (nSPS) is 14.5. The van der Waals surface area contributed by atoms with Crippen LogP contribution in [0.25, 0.3) is 0 Å². The van der Waals surface area contributed by atoms with Crippen molar-refractivity contribution in [2.24, 2.45) is 0 Å². The van der Waals surface area contributed by atoms with Crippen LogP contribution in [0.15, 0.2) is 207 Å². The Morgan fingerprint density at radius 2 is 0.625 bits per heavy atom. The van der Waals surface area contributed by atoms with Crippen molar-refractivity contribution in [2.75, 3.05) is 47.5 Å². The van der Waals surface area contributed by atoms with Crippen LogP contribution in [0.1, 0.15) is 219 Å². The molecule has 0 bridgehead atoms. The van der Waals surface area contributed by atoms with Gasteiger partial charge in [-0.2, -0.15) is 0 Å². The SMILES string of the molecule is CC/C=C\C/C=C\C/C=C\C/C=C\C/C=C\C/C=C\C/C=C\C/C=C\C/C=C\CCCC(=O)OC(COC(=O)CCCCCCCCCCCC/C=C\C/C=C\C/C=C\C/C=C\C/C=C\C/C=C\C/C=C\C/C=C\CC)COP(=O)([O-])OCC[N+](C)(C)C. The highest BCUT2D eigenvalue weighted by Gasteiger charge is 2.21. The smallest absolute Gasteiger partial charge is 0.306 e. The van der Waals surface area contributed by atoms with E-state index in [1.165, 1.54) is 38.5 Å². The van der Waals surface area contributed by atoms with Gasteiger partial charge in [0, 0.05) is 12.8 Å². The number of phosphoric acid groups is 1. The van der Waals surface area contributed by atoms with Gasteiger partial charge in [0.1, 0.15) is 19.8 Å². The molecule has 0 aliphatic carbocycles. The van der Waals surface area contributed by atoms with Crippen molar-refractivity contribution in [1.29, 1.82) is 0 Å². The minimum Gasteiger partial charge on any atom is -0.756 e. The molecule has 0 N–H and O–H groups in total. The van der Waals surface area contributed by atoms with Crippen LogP contribution in [0.5, 0.6) is 0 Å². The van der Waals surface area contributed by atoms with Crippen molar-refractivity contribution >= 4 is 19.8 Å². The number of unbranched alkanes of at least 4 members (excludes halogenated alkanes) is 11. The second-order valence-corrected chi connectivity index (χ2v) is 24.1. The zero-order valence-corrected chi connectivity index (χ0v) is 56.7. The Kier molecular flexibility index (Phi) is 62.0. The molecule has 2 unspecified atom stereocenters. The number of ether oxygens (including phenoxy) is 2. The Morgan fingerprint density at radius 1 is 0.352 bits per heavy atom. The van der Waals surface area contributed by atoms with Crippen molar-refractivity contribution in [3.05, 3.63) is 207 Å². The van der Waals surface area contributed by atoms with Crippen molar-refractivity contribution < 1.29 is 42.1 Å². The lowest BCUT2D eigenvalue weighted by Crippen LogP contribution is -2.37. The summed E-state index contributed by atoms with van der Waals surface area (Å²) in [6.45, 7) is 3.91. The minimum absolute atomic E-state index is 0.0545. The number of likely N-dealkylation sites (N-methyl/N-ethyl adjacent to an activating group) is 1. The summed E-state index contributed by atoms with van der Waals surface area (Å²) in [5, 5.41) is 0. The van der Waals surface area contributed by atoms with E-state index < -0.39 is 32.5 Å². The molecule has 0 radical (unpaired) electrons. The van der Waals surface area contributed by atoms with Crippen molar-refractivity contribution in [3.8, 4) is 0 Å². The standard InChI is InChI=1S/C78H122NO8P/c1-6-8-10-12-14-16-18-20-22-24-26-28-30-32-34-36-37-38-39-40-41-43-44-46-48-50-52-54-56-58-60-62-64-66-68-70-77(80)84-74-76(75-86-88(82,83)85-73-72-79(3,4)5)87-78(81)71-69-67-65-63-61-59-57-55-53-51-49-47-45-42-35-33-31-29-27-25-23-21-19-17-15-13-11-9-7-2/h8-11,14-17,20-23,26-29,32-35,37-38,40-41,44-47,51,53,57,59,63,65,76H,6-7,12-13,18-19,24-25,30-31,36,39,42-43,48-50,52,54-56,58,60-62,64,66-75H2,1-5H3/b10-8-,11-9-,16-14-,17-15-,22-20-,23-21-,28-26-,29-27-,34-32-,35-33-,38-37-,41-40-,46-44-,47-45-,53-51-,59-57-,65-63-. The summed E-state index contributed by atoms with van der Waals surface area (Å²) in [6.07, 6.45) is 105. The summed E-state index contributed by atoms with van der Waals surface area (Å²) in [7, 11) is 1.09. The summed E-state index contributed by atoms with van der Waals surface area (Å²) in [5.41, 5.74) is 0. The Morgan fingerprint density at radius 3 is 0.943 bits per heavy atom. The van der Waals surface area contributed by atoms with Crippen LogP contribution in [0, 0.1) is 0 Å². The molecule has 0 aromatic heterocycles. The monoisotopic (exact) mass is 1230 g/mol. The van der Waals surface area contributed by atoms with Crippen molar-refractivity contribution in [3.63, 3.8) is 0 Å². The molecule has 0 saturated carbocycles. The predicted molar refractivity (Wildman–Crippen MR) is 378 cm³/mol. The molecule has 0 spiro atoms. The lowest BCUT2D eigenvalue weighted by Gasteiger charge is -2.28. The first-order chi connectivity index (χ1) is 43.0. The maximum atomic E-state index is 12.8. The van der Waals surface area contributed by atoms with E-state index in [0.717, 1.165) is 135 Å². The topological polar surface area (TPSA) is 111 Å². The minimum atomic E-state index is -4.67. The van der Waals surface area contributed by atoms with Gasteiger partial charge in [-0.05, 0) is 141 Å². The molecule has 0 rings (SSSR count). The van der Waals surface area contributed by atoms with Crippen LogP contribution in [-0.2, 0) is 32.7 Å². The van der Waals surface area contributed by atoms with E-state index in [1.807, 2.05) is 27.2 Å². The number of hydrogen-bond donors (Lipinski definition) is 0. The maximum absolute atomic E-state index is 12.8. The average molecular weight is 1230 g/mol. The first-order valence-electron chi connectivity index (χ1n) is 33.8. The fraction of sp³-hybridized carbons (Fsp3) is 0.538. The van der Waals surface area contributed by atoms with Gasteiger partial charge in [-0.1, -0.05) is 272 Å². The summed E-state index contributed by atoms with van der Waals surface area (Å²) in [6, 6.07) is 0. The molecule has 9 nitrogen and oxygen atoms in total. The molecule has 492 valence electrons.